The van der Waals surface area contributed by atoms with E-state index in [4.69, 9.17) is 5.14 Å². The molecule has 3 N–H and O–H groups in total. The summed E-state index contributed by atoms with van der Waals surface area (Å²) < 4.78 is 24.7. The third-order valence-electron chi connectivity index (χ3n) is 2.85. The van der Waals surface area contributed by atoms with Gasteiger partial charge in [0.1, 0.15) is 10.7 Å². The quantitative estimate of drug-likeness (QED) is 0.842. The van der Waals surface area contributed by atoms with Crippen molar-refractivity contribution in [2.45, 2.75) is 24.8 Å². The normalized spacial score (nSPS) is 11.6. The average molecular weight is 295 g/mol. The lowest BCUT2D eigenvalue weighted by Gasteiger charge is -2.08. The lowest BCUT2D eigenvalue weighted by atomic mass is 10.2. The predicted octanol–water partition coefficient (Wildman–Crippen LogP) is 0.637. The number of aryl methyl sites for hydroxylation is 2. The summed E-state index contributed by atoms with van der Waals surface area (Å²) in [7, 11) is -1.95. The summed E-state index contributed by atoms with van der Waals surface area (Å²) >= 11 is 0. The van der Waals surface area contributed by atoms with Gasteiger partial charge in [-0.25, -0.2) is 18.5 Å². The van der Waals surface area contributed by atoms with Gasteiger partial charge in [-0.3, -0.25) is 4.68 Å². The molecular weight excluding hydrogens is 278 g/mol. The number of nitrogens with one attached hydrogen (secondary N) is 1. The zero-order valence-corrected chi connectivity index (χ0v) is 12.2. The molecule has 0 spiro atoms. The van der Waals surface area contributed by atoms with Crippen LogP contribution in [0.3, 0.4) is 0 Å². The number of hydrogen-bond acceptors (Lipinski definition) is 5. The van der Waals surface area contributed by atoms with E-state index in [9.17, 15) is 8.42 Å². The molecule has 0 aromatic carbocycles. The number of rotatable bonds is 5. The first-order valence-corrected chi connectivity index (χ1v) is 7.69. The lowest BCUT2D eigenvalue weighted by molar-refractivity contribution is 0.597. The number of primary sulfonamides is 1. The predicted molar refractivity (Wildman–Crippen MR) is 75.5 cm³/mol. The Bertz CT molecular complexity index is 708. The minimum Gasteiger partial charge on any atom is -0.365 e. The monoisotopic (exact) mass is 295 g/mol. The molecule has 0 unspecified atom stereocenters. The van der Waals surface area contributed by atoms with Gasteiger partial charge < -0.3 is 5.32 Å². The fourth-order valence-corrected chi connectivity index (χ4v) is 2.62. The highest BCUT2D eigenvalue weighted by atomic mass is 32.2. The van der Waals surface area contributed by atoms with Crippen LogP contribution in [0.15, 0.2) is 29.4 Å². The van der Waals surface area contributed by atoms with Crippen LogP contribution in [0, 0.1) is 0 Å². The standard InChI is InChI=1S/C12H17N5O2S/c1-3-10-9(8-17(2)16-10)7-15-12-11(20(13,18)19)5-4-6-14-12/h4-6,8H,3,7H2,1-2H3,(H,14,15)(H2,13,18,19). The van der Waals surface area contributed by atoms with Crippen LogP contribution in [0.5, 0.6) is 0 Å². The van der Waals surface area contributed by atoms with Crippen molar-refractivity contribution in [3.63, 3.8) is 0 Å². The van der Waals surface area contributed by atoms with Crippen LogP contribution in [0.1, 0.15) is 18.2 Å². The van der Waals surface area contributed by atoms with Crippen molar-refractivity contribution in [3.8, 4) is 0 Å². The number of nitrogens with two attached hydrogens (primary N) is 1. The fourth-order valence-electron chi connectivity index (χ4n) is 1.96. The minimum absolute atomic E-state index is 0.0121. The molecule has 0 aliphatic heterocycles. The maximum atomic E-state index is 11.5. The molecule has 2 rings (SSSR count). The zero-order valence-electron chi connectivity index (χ0n) is 11.4. The summed E-state index contributed by atoms with van der Waals surface area (Å²) in [5.74, 6) is 0.251. The number of hydrogen-bond donors (Lipinski definition) is 2. The molecule has 2 aromatic rings. The highest BCUT2D eigenvalue weighted by Crippen LogP contribution is 2.18. The Kier molecular flexibility index (Phi) is 4.05. The summed E-state index contributed by atoms with van der Waals surface area (Å²) in [6.07, 6.45) is 4.22. The van der Waals surface area contributed by atoms with Gasteiger partial charge in [-0.1, -0.05) is 6.92 Å². The van der Waals surface area contributed by atoms with E-state index in [1.165, 1.54) is 18.3 Å². The Morgan fingerprint density at radius 3 is 2.85 bits per heavy atom. The molecule has 0 saturated heterocycles. The molecule has 20 heavy (non-hydrogen) atoms. The van der Waals surface area contributed by atoms with Gasteiger partial charge in [-0.2, -0.15) is 5.10 Å². The second-order valence-corrected chi connectivity index (χ2v) is 5.91. The van der Waals surface area contributed by atoms with Crippen molar-refractivity contribution in [1.82, 2.24) is 14.8 Å². The summed E-state index contributed by atoms with van der Waals surface area (Å²) in [4.78, 5) is 4.01. The number of pyridine rings is 1. The number of anilines is 1. The Morgan fingerprint density at radius 2 is 2.20 bits per heavy atom. The second kappa shape index (κ2) is 5.59. The van der Waals surface area contributed by atoms with Gasteiger partial charge in [-0.05, 0) is 18.6 Å². The largest absolute Gasteiger partial charge is 0.365 e. The maximum Gasteiger partial charge on any atom is 0.241 e. The number of sulfonamides is 1. The van der Waals surface area contributed by atoms with Crippen LogP contribution in [0.2, 0.25) is 0 Å². The minimum atomic E-state index is -3.79. The van der Waals surface area contributed by atoms with Crippen molar-refractivity contribution >= 4 is 15.8 Å². The average Bonchev–Trinajstić information content (AvgIpc) is 2.76. The highest BCUT2D eigenvalue weighted by Gasteiger charge is 2.15. The molecule has 0 amide bonds. The van der Waals surface area contributed by atoms with Gasteiger partial charge in [0.2, 0.25) is 10.0 Å². The van der Waals surface area contributed by atoms with E-state index < -0.39 is 10.0 Å². The third-order valence-corrected chi connectivity index (χ3v) is 3.79. The molecule has 0 atom stereocenters. The van der Waals surface area contributed by atoms with Gasteiger partial charge >= 0.3 is 0 Å². The Morgan fingerprint density at radius 1 is 1.45 bits per heavy atom. The SMILES string of the molecule is CCc1nn(C)cc1CNc1ncccc1S(N)(=O)=O. The van der Waals surface area contributed by atoms with Crippen LogP contribution >= 0.6 is 0 Å². The number of nitrogens with zero attached hydrogens (tertiary/aromatic N) is 3. The molecule has 0 aliphatic rings. The fraction of sp³-hybridized carbons (Fsp3) is 0.333. The van der Waals surface area contributed by atoms with E-state index in [0.29, 0.717) is 6.54 Å². The molecule has 8 heteroatoms. The zero-order chi connectivity index (χ0) is 14.8. The van der Waals surface area contributed by atoms with Crippen molar-refractivity contribution in [2.24, 2.45) is 12.2 Å². The molecule has 0 saturated carbocycles. The maximum absolute atomic E-state index is 11.5. The second-order valence-electron chi connectivity index (χ2n) is 4.38. The van der Waals surface area contributed by atoms with Gasteiger partial charge in [0.25, 0.3) is 0 Å². The Hall–Kier alpha value is -1.93. The smallest absolute Gasteiger partial charge is 0.241 e. The first kappa shape index (κ1) is 14.5. The molecule has 0 radical (unpaired) electrons. The molecule has 2 aromatic heterocycles. The van der Waals surface area contributed by atoms with Crippen LogP contribution < -0.4 is 10.5 Å². The lowest BCUT2D eigenvalue weighted by Crippen LogP contribution is -2.16. The summed E-state index contributed by atoms with van der Waals surface area (Å²) in [6.45, 7) is 2.46. The van der Waals surface area contributed by atoms with Crippen LogP contribution in [0.25, 0.3) is 0 Å². The van der Waals surface area contributed by atoms with Gasteiger partial charge in [0, 0.05) is 31.5 Å². The molecular formula is C12H17N5O2S. The van der Waals surface area contributed by atoms with E-state index in [2.05, 4.69) is 15.4 Å². The highest BCUT2D eigenvalue weighted by molar-refractivity contribution is 7.89. The third kappa shape index (κ3) is 3.14. The van der Waals surface area contributed by atoms with E-state index >= 15 is 0 Å². The topological polar surface area (TPSA) is 103 Å². The molecule has 7 nitrogen and oxygen atoms in total. The van der Waals surface area contributed by atoms with Crippen molar-refractivity contribution in [3.05, 3.63) is 35.8 Å². The van der Waals surface area contributed by atoms with Gasteiger partial charge in [-0.15, -0.1) is 0 Å². The van der Waals surface area contributed by atoms with Crippen LogP contribution in [-0.2, 0) is 30.0 Å². The molecule has 0 aliphatic carbocycles. The summed E-state index contributed by atoms with van der Waals surface area (Å²) in [5, 5.41) is 12.5. The van der Waals surface area contributed by atoms with Gasteiger partial charge in [0.05, 0.1) is 5.69 Å². The van der Waals surface area contributed by atoms with E-state index in [-0.39, 0.29) is 10.7 Å². The van der Waals surface area contributed by atoms with E-state index in [1.54, 1.807) is 4.68 Å². The Balaban J connectivity index is 2.23. The van der Waals surface area contributed by atoms with E-state index in [1.807, 2.05) is 20.2 Å². The van der Waals surface area contributed by atoms with Crippen molar-refractivity contribution < 1.29 is 8.42 Å². The van der Waals surface area contributed by atoms with Gasteiger partial charge in [0.15, 0.2) is 0 Å². The first-order valence-electron chi connectivity index (χ1n) is 6.15. The van der Waals surface area contributed by atoms with Crippen LogP contribution in [-0.4, -0.2) is 23.2 Å². The molecule has 2 heterocycles. The van der Waals surface area contributed by atoms with Crippen LogP contribution in [0.4, 0.5) is 5.82 Å². The molecule has 0 bridgehead atoms. The summed E-state index contributed by atoms with van der Waals surface area (Å²) in [6, 6.07) is 2.96. The molecule has 0 fully saturated rings. The summed E-state index contributed by atoms with van der Waals surface area (Å²) in [5.41, 5.74) is 1.97. The van der Waals surface area contributed by atoms with Crippen molar-refractivity contribution in [2.75, 3.05) is 5.32 Å². The van der Waals surface area contributed by atoms with E-state index in [0.717, 1.165) is 17.7 Å². The molecule has 108 valence electrons. The van der Waals surface area contributed by atoms with Crippen molar-refractivity contribution in [1.29, 1.82) is 0 Å². The first-order chi connectivity index (χ1) is 9.41. The Labute approximate surface area is 117 Å². The number of aromatic nitrogens is 3.